The van der Waals surface area contributed by atoms with Crippen molar-refractivity contribution in [3.63, 3.8) is 0 Å². The summed E-state index contributed by atoms with van der Waals surface area (Å²) < 4.78 is 11.1. The molecule has 2 rings (SSSR count). The van der Waals surface area contributed by atoms with Gasteiger partial charge in [-0.2, -0.15) is 5.10 Å². The van der Waals surface area contributed by atoms with E-state index < -0.39 is 0 Å². The van der Waals surface area contributed by atoms with E-state index in [1.165, 1.54) is 7.11 Å². The highest BCUT2D eigenvalue weighted by Gasteiger charge is 2.09. The van der Waals surface area contributed by atoms with Crippen LogP contribution in [-0.4, -0.2) is 49.7 Å². The third-order valence-electron chi connectivity index (χ3n) is 2.63. The van der Waals surface area contributed by atoms with E-state index in [2.05, 4.69) is 27.7 Å². The molecule has 5 nitrogen and oxygen atoms in total. The van der Waals surface area contributed by atoms with Crippen molar-refractivity contribution in [3.8, 4) is 11.5 Å². The summed E-state index contributed by atoms with van der Waals surface area (Å²) in [6.07, 6.45) is 1.77. The monoisotopic (exact) mass is 362 g/mol. The maximum absolute atomic E-state index is 9.73. The molecule has 0 spiro atoms. The van der Waals surface area contributed by atoms with Gasteiger partial charge in [-0.05, 0) is 40.3 Å². The molecule has 0 aromatic heterocycles. The fourth-order valence-electron chi connectivity index (χ4n) is 1.64. The third kappa shape index (κ3) is 3.26. The zero-order valence-electron chi connectivity index (χ0n) is 10.1. The summed E-state index contributed by atoms with van der Waals surface area (Å²) in [6.45, 7) is 3.05. The van der Waals surface area contributed by atoms with Crippen LogP contribution in [0.1, 0.15) is 5.56 Å². The van der Waals surface area contributed by atoms with E-state index in [4.69, 9.17) is 9.47 Å². The quantitative estimate of drug-likeness (QED) is 0.657. The van der Waals surface area contributed by atoms with E-state index in [1.54, 1.807) is 12.3 Å². The van der Waals surface area contributed by atoms with E-state index in [0.29, 0.717) is 19.0 Å². The number of methoxy groups -OCH3 is 1. The Morgan fingerprint density at radius 2 is 2.17 bits per heavy atom. The summed E-state index contributed by atoms with van der Waals surface area (Å²) in [5, 5.41) is 16.1. The summed E-state index contributed by atoms with van der Waals surface area (Å²) in [4.78, 5) is 0. The minimum atomic E-state index is 0.168. The first kappa shape index (κ1) is 13.4. The van der Waals surface area contributed by atoms with Gasteiger partial charge < -0.3 is 14.6 Å². The molecule has 1 aromatic carbocycles. The standard InChI is InChI=1S/C12H15IN2O3/c1-17-11-7-9(6-10(13)12(11)16)8-14-15-2-4-18-5-3-15/h6-8,16H,2-5H2,1H3/b14-8+. The lowest BCUT2D eigenvalue weighted by Crippen LogP contribution is -2.32. The highest BCUT2D eigenvalue weighted by Crippen LogP contribution is 2.31. The number of ether oxygens (including phenoxy) is 2. The fraction of sp³-hybridized carbons (Fsp3) is 0.417. The zero-order valence-corrected chi connectivity index (χ0v) is 12.3. The topological polar surface area (TPSA) is 54.3 Å². The molecule has 0 bridgehead atoms. The summed E-state index contributed by atoms with van der Waals surface area (Å²) in [6, 6.07) is 3.63. The molecule has 1 aliphatic rings. The Balaban J connectivity index is 2.13. The first-order valence-corrected chi connectivity index (χ1v) is 6.72. The summed E-state index contributed by atoms with van der Waals surface area (Å²) >= 11 is 2.07. The van der Waals surface area contributed by atoms with Crippen molar-refractivity contribution in [2.45, 2.75) is 0 Å². The molecule has 0 atom stereocenters. The first-order valence-electron chi connectivity index (χ1n) is 5.64. The van der Waals surface area contributed by atoms with Crippen molar-refractivity contribution >= 4 is 28.8 Å². The van der Waals surface area contributed by atoms with Gasteiger partial charge in [-0.15, -0.1) is 0 Å². The number of nitrogens with zero attached hydrogens (tertiary/aromatic N) is 2. The third-order valence-corrected chi connectivity index (χ3v) is 3.45. The molecular weight excluding hydrogens is 347 g/mol. The van der Waals surface area contributed by atoms with E-state index in [-0.39, 0.29) is 5.75 Å². The summed E-state index contributed by atoms with van der Waals surface area (Å²) in [5.41, 5.74) is 0.903. The van der Waals surface area contributed by atoms with Gasteiger partial charge in [-0.1, -0.05) is 0 Å². The van der Waals surface area contributed by atoms with Crippen LogP contribution in [0.15, 0.2) is 17.2 Å². The molecule has 1 aliphatic heterocycles. The van der Waals surface area contributed by atoms with Crippen molar-refractivity contribution in [2.24, 2.45) is 5.10 Å². The number of rotatable bonds is 3. The number of morpholine rings is 1. The number of phenols is 1. The second-order valence-electron chi connectivity index (χ2n) is 3.86. The average molecular weight is 362 g/mol. The normalized spacial score (nSPS) is 16.2. The van der Waals surface area contributed by atoms with Crippen LogP contribution in [-0.2, 0) is 4.74 Å². The van der Waals surface area contributed by atoms with E-state index in [1.807, 2.05) is 11.1 Å². The Hall–Kier alpha value is -1.02. The molecule has 1 saturated heterocycles. The molecule has 0 aliphatic carbocycles. The SMILES string of the molecule is COc1cc(/C=N/N2CCOCC2)cc(I)c1O. The van der Waals surface area contributed by atoms with Gasteiger partial charge in [-0.3, -0.25) is 5.01 Å². The molecule has 98 valence electrons. The zero-order chi connectivity index (χ0) is 13.0. The molecule has 18 heavy (non-hydrogen) atoms. The largest absolute Gasteiger partial charge is 0.504 e. The van der Waals surface area contributed by atoms with Crippen LogP contribution in [0.4, 0.5) is 0 Å². The van der Waals surface area contributed by atoms with Gasteiger partial charge in [-0.25, -0.2) is 0 Å². The van der Waals surface area contributed by atoms with Crippen molar-refractivity contribution in [3.05, 3.63) is 21.3 Å². The molecule has 1 aromatic rings. The number of hydrazone groups is 1. The minimum absolute atomic E-state index is 0.168. The minimum Gasteiger partial charge on any atom is -0.504 e. The molecule has 0 radical (unpaired) electrons. The Morgan fingerprint density at radius 3 is 2.83 bits per heavy atom. The molecular formula is C12H15IN2O3. The second-order valence-corrected chi connectivity index (χ2v) is 5.03. The van der Waals surface area contributed by atoms with Crippen LogP contribution >= 0.6 is 22.6 Å². The van der Waals surface area contributed by atoms with Gasteiger partial charge in [0, 0.05) is 0 Å². The fourth-order valence-corrected chi connectivity index (χ4v) is 2.27. The van der Waals surface area contributed by atoms with Crippen molar-refractivity contribution in [1.82, 2.24) is 5.01 Å². The van der Waals surface area contributed by atoms with Gasteiger partial charge in [0.15, 0.2) is 11.5 Å². The molecule has 1 N–H and O–H groups in total. The van der Waals surface area contributed by atoms with Crippen LogP contribution in [0, 0.1) is 3.57 Å². The predicted molar refractivity (Wildman–Crippen MR) is 77.4 cm³/mol. The van der Waals surface area contributed by atoms with E-state index >= 15 is 0 Å². The van der Waals surface area contributed by atoms with Crippen LogP contribution in [0.5, 0.6) is 11.5 Å². The van der Waals surface area contributed by atoms with Crippen LogP contribution < -0.4 is 4.74 Å². The van der Waals surface area contributed by atoms with Crippen molar-refractivity contribution < 1.29 is 14.6 Å². The Morgan fingerprint density at radius 1 is 1.44 bits per heavy atom. The van der Waals surface area contributed by atoms with Crippen LogP contribution in [0.25, 0.3) is 0 Å². The molecule has 1 heterocycles. The Kier molecular flexibility index (Phi) is 4.65. The molecule has 0 saturated carbocycles. The second kappa shape index (κ2) is 6.24. The lowest BCUT2D eigenvalue weighted by atomic mass is 10.2. The van der Waals surface area contributed by atoms with Crippen molar-refractivity contribution in [1.29, 1.82) is 0 Å². The number of phenolic OH excluding ortho intramolecular Hbond substituents is 1. The number of aromatic hydroxyl groups is 1. The van der Waals surface area contributed by atoms with Gasteiger partial charge >= 0.3 is 0 Å². The molecule has 1 fully saturated rings. The smallest absolute Gasteiger partial charge is 0.171 e. The molecule has 0 unspecified atom stereocenters. The van der Waals surface area contributed by atoms with Crippen LogP contribution in [0.2, 0.25) is 0 Å². The van der Waals surface area contributed by atoms with Crippen molar-refractivity contribution in [2.75, 3.05) is 33.4 Å². The van der Waals surface area contributed by atoms with E-state index in [9.17, 15) is 5.11 Å². The van der Waals surface area contributed by atoms with Gasteiger partial charge in [0.25, 0.3) is 0 Å². The Bertz CT molecular complexity index is 445. The highest BCUT2D eigenvalue weighted by atomic mass is 127. The van der Waals surface area contributed by atoms with E-state index in [0.717, 1.165) is 22.2 Å². The number of halogens is 1. The van der Waals surface area contributed by atoms with Gasteiger partial charge in [0.2, 0.25) is 0 Å². The number of hydrogen-bond donors (Lipinski definition) is 1. The van der Waals surface area contributed by atoms with Gasteiger partial charge in [0.1, 0.15) is 0 Å². The lowest BCUT2D eigenvalue weighted by Gasteiger charge is -2.23. The summed E-state index contributed by atoms with van der Waals surface area (Å²) in [5.74, 6) is 0.631. The van der Waals surface area contributed by atoms with Crippen LogP contribution in [0.3, 0.4) is 0 Å². The first-order chi connectivity index (χ1) is 8.70. The number of hydrogen-bond acceptors (Lipinski definition) is 5. The average Bonchev–Trinajstić information content (AvgIpc) is 2.41. The Labute approximate surface area is 120 Å². The number of benzene rings is 1. The maximum atomic E-state index is 9.73. The maximum Gasteiger partial charge on any atom is 0.171 e. The van der Waals surface area contributed by atoms with Gasteiger partial charge in [0.05, 0.1) is 43.2 Å². The molecule has 0 amide bonds. The highest BCUT2D eigenvalue weighted by molar-refractivity contribution is 14.1. The lowest BCUT2D eigenvalue weighted by molar-refractivity contribution is 0.0397. The summed E-state index contributed by atoms with van der Waals surface area (Å²) in [7, 11) is 1.54. The molecule has 6 heteroatoms. The predicted octanol–water partition coefficient (Wildman–Crippen LogP) is 1.67.